The average molecular weight is 491 g/mol. The fraction of sp³-hybridized carbons (Fsp3) is 0.286. The van der Waals surface area contributed by atoms with Gasteiger partial charge in [-0.25, -0.2) is 4.39 Å². The number of thioether (sulfide) groups is 1. The van der Waals surface area contributed by atoms with Gasteiger partial charge in [0, 0.05) is 23.8 Å². The van der Waals surface area contributed by atoms with Crippen LogP contribution in [0.2, 0.25) is 0 Å². The van der Waals surface area contributed by atoms with Crippen molar-refractivity contribution in [3.63, 3.8) is 0 Å². The molecule has 35 heavy (non-hydrogen) atoms. The molecule has 7 heteroatoms. The highest BCUT2D eigenvalue weighted by molar-refractivity contribution is 8.04. The van der Waals surface area contributed by atoms with Crippen LogP contribution in [0.25, 0.3) is 6.08 Å². The third-order valence-electron chi connectivity index (χ3n) is 6.66. The van der Waals surface area contributed by atoms with Crippen LogP contribution >= 0.6 is 11.8 Å². The standard InChI is InChI=1S/C28H27FN2O3S/c29-22-11-8-20(9-12-22)18-31-24-16-21(27(32)30-17-23-7-4-14-34-23)10-13-25(24)35-26(28(31)33)15-19-5-2-1-3-6-19/h1-9,11-12,14-15,21,24-25H,10,13,16-18H2,(H,30,32)/b26-15-. The maximum atomic E-state index is 13.7. The van der Waals surface area contributed by atoms with Crippen LogP contribution in [0.1, 0.15) is 36.1 Å². The molecule has 2 fully saturated rings. The molecule has 0 radical (unpaired) electrons. The maximum Gasteiger partial charge on any atom is 0.260 e. The minimum atomic E-state index is -0.303. The highest BCUT2D eigenvalue weighted by atomic mass is 32.2. The quantitative estimate of drug-likeness (QED) is 0.471. The molecule has 0 bridgehead atoms. The number of carbonyl (C=O) groups excluding carboxylic acids is 2. The number of nitrogens with one attached hydrogen (secondary N) is 1. The first-order valence-corrected chi connectivity index (χ1v) is 12.7. The second kappa shape index (κ2) is 10.5. The van der Waals surface area contributed by atoms with Gasteiger partial charge in [-0.1, -0.05) is 42.5 Å². The Balaban J connectivity index is 1.36. The summed E-state index contributed by atoms with van der Waals surface area (Å²) in [6, 6.07) is 19.7. The molecule has 3 unspecified atom stereocenters. The second-order valence-electron chi connectivity index (χ2n) is 9.01. The Kier molecular flexibility index (Phi) is 7.04. The molecule has 3 atom stereocenters. The number of fused-ring (bicyclic) bond motifs is 1. The smallest absolute Gasteiger partial charge is 0.260 e. The molecular formula is C28H27FN2O3S. The zero-order valence-electron chi connectivity index (χ0n) is 19.2. The van der Waals surface area contributed by atoms with Crippen LogP contribution in [-0.2, 0) is 22.7 Å². The summed E-state index contributed by atoms with van der Waals surface area (Å²) in [5, 5.41) is 3.18. The number of hydrogen-bond donors (Lipinski definition) is 1. The van der Waals surface area contributed by atoms with Crippen LogP contribution in [0.4, 0.5) is 4.39 Å². The lowest BCUT2D eigenvalue weighted by atomic mass is 9.83. The lowest BCUT2D eigenvalue weighted by molar-refractivity contribution is -0.133. The Hall–Kier alpha value is -3.32. The Bertz CT molecular complexity index is 1190. The molecule has 5 rings (SSSR count). The van der Waals surface area contributed by atoms with E-state index < -0.39 is 0 Å². The molecule has 1 aliphatic carbocycles. The molecule has 2 aliphatic rings. The molecule has 2 heterocycles. The summed E-state index contributed by atoms with van der Waals surface area (Å²) in [7, 11) is 0. The van der Waals surface area contributed by atoms with Crippen molar-refractivity contribution in [2.45, 2.75) is 43.6 Å². The normalized spacial score (nSPS) is 23.2. The molecule has 1 N–H and O–H groups in total. The van der Waals surface area contributed by atoms with Crippen molar-refractivity contribution in [2.24, 2.45) is 5.92 Å². The minimum absolute atomic E-state index is 0.00958. The van der Waals surface area contributed by atoms with Crippen LogP contribution < -0.4 is 5.32 Å². The highest BCUT2D eigenvalue weighted by Gasteiger charge is 2.44. The van der Waals surface area contributed by atoms with Crippen LogP contribution in [0.3, 0.4) is 0 Å². The lowest BCUT2D eigenvalue weighted by Crippen LogP contribution is -2.53. The summed E-state index contributed by atoms with van der Waals surface area (Å²) in [4.78, 5) is 29.2. The Morgan fingerprint density at radius 3 is 2.63 bits per heavy atom. The van der Waals surface area contributed by atoms with E-state index in [9.17, 15) is 14.0 Å². The van der Waals surface area contributed by atoms with E-state index in [2.05, 4.69) is 5.32 Å². The van der Waals surface area contributed by atoms with Gasteiger partial charge in [0.2, 0.25) is 5.91 Å². The van der Waals surface area contributed by atoms with Gasteiger partial charge in [-0.05, 0) is 60.7 Å². The first-order chi connectivity index (χ1) is 17.1. The van der Waals surface area contributed by atoms with E-state index in [0.29, 0.717) is 30.2 Å². The zero-order chi connectivity index (χ0) is 24.2. The summed E-state index contributed by atoms with van der Waals surface area (Å²) in [6.07, 6.45) is 5.75. The van der Waals surface area contributed by atoms with E-state index in [0.717, 1.165) is 24.0 Å². The summed E-state index contributed by atoms with van der Waals surface area (Å²) in [5.41, 5.74) is 1.85. The molecule has 5 nitrogen and oxygen atoms in total. The van der Waals surface area contributed by atoms with Crippen molar-refractivity contribution in [3.05, 3.63) is 101 Å². The van der Waals surface area contributed by atoms with E-state index in [1.54, 1.807) is 36.2 Å². The molecule has 1 aliphatic heterocycles. The topological polar surface area (TPSA) is 62.6 Å². The number of rotatable bonds is 6. The van der Waals surface area contributed by atoms with Crippen molar-refractivity contribution >= 4 is 29.7 Å². The fourth-order valence-corrected chi connectivity index (χ4v) is 6.25. The number of hydrogen-bond acceptors (Lipinski definition) is 4. The van der Waals surface area contributed by atoms with Crippen molar-refractivity contribution in [1.82, 2.24) is 10.2 Å². The van der Waals surface area contributed by atoms with E-state index in [-0.39, 0.29) is 34.8 Å². The molecule has 2 amide bonds. The molecule has 1 saturated carbocycles. The monoisotopic (exact) mass is 490 g/mol. The lowest BCUT2D eigenvalue weighted by Gasteiger charge is -2.46. The van der Waals surface area contributed by atoms with Crippen molar-refractivity contribution in [1.29, 1.82) is 0 Å². The first-order valence-electron chi connectivity index (χ1n) is 11.9. The first kappa shape index (κ1) is 23.4. The Morgan fingerprint density at radius 2 is 1.89 bits per heavy atom. The largest absolute Gasteiger partial charge is 0.467 e. The second-order valence-corrected chi connectivity index (χ2v) is 10.3. The molecule has 1 aromatic heterocycles. The Morgan fingerprint density at radius 1 is 1.09 bits per heavy atom. The fourth-order valence-electron chi connectivity index (χ4n) is 4.83. The van der Waals surface area contributed by atoms with Gasteiger partial charge >= 0.3 is 0 Å². The third-order valence-corrected chi connectivity index (χ3v) is 8.06. The van der Waals surface area contributed by atoms with Gasteiger partial charge in [0.1, 0.15) is 11.6 Å². The van der Waals surface area contributed by atoms with Gasteiger partial charge in [-0.2, -0.15) is 0 Å². The summed E-state index contributed by atoms with van der Waals surface area (Å²) < 4.78 is 18.8. The highest BCUT2D eigenvalue weighted by Crippen LogP contribution is 2.44. The molecular weight excluding hydrogens is 463 g/mol. The zero-order valence-corrected chi connectivity index (χ0v) is 20.0. The third kappa shape index (κ3) is 5.51. The summed E-state index contributed by atoms with van der Waals surface area (Å²) in [5.74, 6) is 0.188. The van der Waals surface area contributed by atoms with Crippen molar-refractivity contribution in [2.75, 3.05) is 0 Å². The Labute approximate surface area is 208 Å². The van der Waals surface area contributed by atoms with Gasteiger partial charge in [-0.3, -0.25) is 9.59 Å². The average Bonchev–Trinajstić information content (AvgIpc) is 3.40. The van der Waals surface area contributed by atoms with Gasteiger partial charge < -0.3 is 14.6 Å². The number of carbonyl (C=O) groups is 2. The van der Waals surface area contributed by atoms with Crippen LogP contribution in [0.15, 0.2) is 82.3 Å². The van der Waals surface area contributed by atoms with E-state index >= 15 is 0 Å². The molecule has 0 spiro atoms. The van der Waals surface area contributed by atoms with Crippen LogP contribution in [-0.4, -0.2) is 28.0 Å². The molecule has 2 aromatic carbocycles. The number of benzene rings is 2. The molecule has 3 aromatic rings. The number of halogens is 1. The summed E-state index contributed by atoms with van der Waals surface area (Å²) in [6.45, 7) is 0.737. The van der Waals surface area contributed by atoms with Crippen LogP contribution in [0.5, 0.6) is 0 Å². The van der Waals surface area contributed by atoms with Gasteiger partial charge in [0.15, 0.2) is 0 Å². The van der Waals surface area contributed by atoms with E-state index in [1.165, 1.54) is 12.1 Å². The van der Waals surface area contributed by atoms with Crippen molar-refractivity contribution in [3.8, 4) is 0 Å². The van der Waals surface area contributed by atoms with Gasteiger partial charge in [-0.15, -0.1) is 11.8 Å². The number of amides is 2. The SMILES string of the molecule is O=C(NCc1ccco1)C1CCC2S/C(=C\c3ccccc3)C(=O)N(Cc3ccc(F)cc3)C2C1. The minimum Gasteiger partial charge on any atom is -0.467 e. The number of nitrogens with zero attached hydrogens (tertiary/aromatic N) is 1. The predicted octanol–water partition coefficient (Wildman–Crippen LogP) is 5.39. The van der Waals surface area contributed by atoms with Crippen molar-refractivity contribution < 1.29 is 18.4 Å². The maximum absolute atomic E-state index is 13.7. The molecule has 180 valence electrons. The summed E-state index contributed by atoms with van der Waals surface area (Å²) >= 11 is 1.62. The predicted molar refractivity (Wildman–Crippen MR) is 134 cm³/mol. The van der Waals surface area contributed by atoms with Crippen LogP contribution in [0, 0.1) is 11.7 Å². The van der Waals surface area contributed by atoms with Gasteiger partial charge in [0.25, 0.3) is 5.91 Å². The van der Waals surface area contributed by atoms with Gasteiger partial charge in [0.05, 0.1) is 17.7 Å². The van der Waals surface area contributed by atoms with E-state index in [4.69, 9.17) is 4.42 Å². The van der Waals surface area contributed by atoms with E-state index in [1.807, 2.05) is 47.4 Å². The molecule has 1 saturated heterocycles. The number of furan rings is 1.